The molecule has 4 N–H and O–H groups in total. The molecule has 2 saturated heterocycles. The van der Waals surface area contributed by atoms with Gasteiger partial charge in [0.25, 0.3) is 0 Å². The number of benzene rings is 1. The predicted molar refractivity (Wildman–Crippen MR) is 192 cm³/mol. The Kier molecular flexibility index (Phi) is 19.0. The molecule has 9 atom stereocenters. The number of carbonyl (C=O) groups is 3. The fourth-order valence-electron chi connectivity index (χ4n) is 6.17. The van der Waals surface area contributed by atoms with Gasteiger partial charge in [-0.2, -0.15) is 0 Å². The van der Waals surface area contributed by atoms with E-state index in [1.165, 1.54) is 26.7 Å². The van der Waals surface area contributed by atoms with Crippen molar-refractivity contribution in [2.75, 3.05) is 0 Å². The summed E-state index contributed by atoms with van der Waals surface area (Å²) in [5.41, 5.74) is -3.20. The fourth-order valence-corrected chi connectivity index (χ4v) is 6.17. The van der Waals surface area contributed by atoms with Crippen molar-refractivity contribution < 1.29 is 49.0 Å². The van der Waals surface area contributed by atoms with Crippen LogP contribution in [0.3, 0.4) is 0 Å². The Bertz CT molecular complexity index is 1250. The zero-order valence-electron chi connectivity index (χ0n) is 30.0. The fraction of sp³-hybridized carbons (Fsp3) is 0.615. The Labute approximate surface area is 293 Å². The van der Waals surface area contributed by atoms with Crippen LogP contribution in [-0.2, 0) is 35.0 Å². The van der Waals surface area contributed by atoms with Crippen LogP contribution in [-0.4, -0.2) is 74.0 Å². The maximum Gasteiger partial charge on any atom is 0.339 e. The van der Waals surface area contributed by atoms with E-state index in [9.17, 15) is 29.7 Å². The molecule has 2 aliphatic rings. The molecular weight excluding hydrogens is 628 g/mol. The lowest BCUT2D eigenvalue weighted by molar-refractivity contribution is -0.369. The van der Waals surface area contributed by atoms with Crippen LogP contribution in [0.5, 0.6) is 0 Å². The number of hydrogen-bond acceptors (Lipinski definition) is 9. The highest BCUT2D eigenvalue weighted by atomic mass is 16.8. The number of esters is 1. The van der Waals surface area contributed by atoms with Crippen LogP contribution in [0.1, 0.15) is 100 Å². The summed E-state index contributed by atoms with van der Waals surface area (Å²) >= 11 is 0. The molecule has 0 aromatic heterocycles. The Hall–Kier alpha value is -3.31. The minimum absolute atomic E-state index is 0. The third kappa shape index (κ3) is 11.6. The minimum atomic E-state index is -2.47. The second kappa shape index (κ2) is 20.4. The molecule has 2 aliphatic heterocycles. The number of carboxylic acids is 1. The Morgan fingerprint density at radius 2 is 1.71 bits per heavy atom. The van der Waals surface area contributed by atoms with Crippen LogP contribution in [0.2, 0.25) is 0 Å². The molecular formula is C39H62O10. The Balaban J connectivity index is 0.00000130. The van der Waals surface area contributed by atoms with Gasteiger partial charge in [0.2, 0.25) is 5.60 Å². The van der Waals surface area contributed by atoms with Gasteiger partial charge in [-0.25, -0.2) is 4.79 Å². The van der Waals surface area contributed by atoms with E-state index in [0.29, 0.717) is 17.9 Å². The van der Waals surface area contributed by atoms with Gasteiger partial charge in [0.05, 0.1) is 6.10 Å². The topological polar surface area (TPSA) is 160 Å². The lowest BCUT2D eigenvalue weighted by atomic mass is 9.78. The molecule has 10 nitrogen and oxygen atoms in total. The summed E-state index contributed by atoms with van der Waals surface area (Å²) in [6.07, 6.45) is 3.14. The first-order chi connectivity index (χ1) is 22.5. The SMILES string of the molecule is C.C=C(CCC12OC(C)C(O)(C=O)C(C(=O)O)(C[C@H]1O)O2)[C@@H](OC(C)=O)[C@H](C)Cc1ccccc1.C=C(O)/C=C/[C@@H](C)CC(C)CC.CC. The van der Waals surface area contributed by atoms with Crippen molar-refractivity contribution in [1.29, 1.82) is 0 Å². The first-order valence-corrected chi connectivity index (χ1v) is 16.9. The quantitative estimate of drug-likeness (QED) is 0.0490. The molecule has 10 heteroatoms. The number of aliphatic carboxylic acids is 1. The maximum absolute atomic E-state index is 12.1. The van der Waals surface area contributed by atoms with Gasteiger partial charge in [-0.3, -0.25) is 9.59 Å². The first kappa shape index (κ1) is 45.7. The van der Waals surface area contributed by atoms with Crippen LogP contribution in [0.4, 0.5) is 0 Å². The lowest BCUT2D eigenvalue weighted by Crippen LogP contribution is -2.71. The van der Waals surface area contributed by atoms with Crippen LogP contribution in [0, 0.1) is 17.8 Å². The minimum Gasteiger partial charge on any atom is -0.509 e. The first-order valence-electron chi connectivity index (χ1n) is 16.9. The highest BCUT2D eigenvalue weighted by molar-refractivity contribution is 5.87. The number of fused-ring (bicyclic) bond motifs is 2. The molecule has 0 amide bonds. The largest absolute Gasteiger partial charge is 0.509 e. The van der Waals surface area contributed by atoms with Crippen molar-refractivity contribution in [2.45, 2.75) is 137 Å². The van der Waals surface area contributed by atoms with Gasteiger partial charge in [-0.1, -0.05) is 105 Å². The summed E-state index contributed by atoms with van der Waals surface area (Å²) in [6, 6.07) is 9.71. The molecule has 0 spiro atoms. The standard InChI is InChI=1S/C25H32O9.C11H20O.C2H6.CH4/c1-15(21(32-18(4)27)16(2)12-19-8-6-5-7-9-19)10-11-25-20(28)13-24(34-25,22(29)30)23(31,14-26)17(3)33-25;1-5-9(2)8-10(3)6-7-11(4)12;1-2;/h5-9,14,16-17,20-21,28,31H,1,10-13H2,2-4H3,(H,29,30);6-7,9-10,12H,4-5,8H2,1-3H3;1-2H3;1H4/b;7-6+;;/t16-,17?,20-,21-,23?,24?,25?;9?,10-;;/m11../s1. The number of rotatable bonds is 15. The second-order valence-corrected chi connectivity index (χ2v) is 12.9. The number of carboxylic acid groups (broad SMARTS) is 1. The van der Waals surface area contributed by atoms with Crippen LogP contribution in [0.25, 0.3) is 0 Å². The van der Waals surface area contributed by atoms with Crippen LogP contribution >= 0.6 is 0 Å². The van der Waals surface area contributed by atoms with Crippen molar-refractivity contribution in [3.63, 3.8) is 0 Å². The van der Waals surface area contributed by atoms with Gasteiger partial charge in [-0.15, -0.1) is 0 Å². The summed E-state index contributed by atoms with van der Waals surface area (Å²) in [5.74, 6) is -2.47. The monoisotopic (exact) mass is 690 g/mol. The van der Waals surface area contributed by atoms with E-state index in [2.05, 4.69) is 33.9 Å². The molecule has 1 aromatic carbocycles. The maximum atomic E-state index is 12.1. The van der Waals surface area contributed by atoms with E-state index >= 15 is 0 Å². The van der Waals surface area contributed by atoms with Gasteiger partial charge in [0, 0.05) is 25.7 Å². The third-order valence-electron chi connectivity index (χ3n) is 9.00. The zero-order valence-corrected chi connectivity index (χ0v) is 30.0. The van der Waals surface area contributed by atoms with Gasteiger partial charge < -0.3 is 34.6 Å². The van der Waals surface area contributed by atoms with E-state index in [1.807, 2.05) is 57.2 Å². The normalized spacial score (nSPS) is 27.8. The summed E-state index contributed by atoms with van der Waals surface area (Å²) in [7, 11) is 0. The third-order valence-corrected chi connectivity index (χ3v) is 9.00. The van der Waals surface area contributed by atoms with E-state index in [4.69, 9.17) is 19.3 Å². The summed E-state index contributed by atoms with van der Waals surface area (Å²) in [4.78, 5) is 35.5. The highest BCUT2D eigenvalue weighted by Crippen LogP contribution is 2.53. The molecule has 278 valence electrons. The molecule has 1 aromatic rings. The second-order valence-electron chi connectivity index (χ2n) is 12.9. The molecule has 2 bridgehead atoms. The number of hydrogen-bond donors (Lipinski definition) is 4. The number of allylic oxidation sites excluding steroid dienone is 2. The average Bonchev–Trinajstić information content (AvgIpc) is 3.32. The molecule has 49 heavy (non-hydrogen) atoms. The molecule has 2 heterocycles. The Morgan fingerprint density at radius 1 is 1.12 bits per heavy atom. The highest BCUT2D eigenvalue weighted by Gasteiger charge is 2.75. The summed E-state index contributed by atoms with van der Waals surface area (Å²) in [6.45, 7) is 22.7. The molecule has 3 rings (SSSR count). The van der Waals surface area contributed by atoms with Crippen molar-refractivity contribution in [3.8, 4) is 0 Å². The lowest BCUT2D eigenvalue weighted by Gasteiger charge is -2.49. The smallest absolute Gasteiger partial charge is 0.339 e. The van der Waals surface area contributed by atoms with E-state index in [-0.39, 0.29) is 38.2 Å². The molecule has 2 fully saturated rings. The van der Waals surface area contributed by atoms with Crippen LogP contribution in [0.15, 0.2) is 67.0 Å². The predicted octanol–water partition coefficient (Wildman–Crippen LogP) is 7.13. The van der Waals surface area contributed by atoms with E-state index < -0.39 is 53.7 Å². The summed E-state index contributed by atoms with van der Waals surface area (Å²) < 4.78 is 17.0. The number of aliphatic hydroxyl groups is 3. The zero-order chi connectivity index (χ0) is 36.9. The number of aliphatic hydroxyl groups excluding tert-OH is 2. The van der Waals surface area contributed by atoms with Crippen molar-refractivity contribution >= 4 is 18.2 Å². The molecule has 0 radical (unpaired) electrons. The van der Waals surface area contributed by atoms with Gasteiger partial charge in [-0.05, 0) is 55.2 Å². The van der Waals surface area contributed by atoms with E-state index in [1.54, 1.807) is 6.08 Å². The van der Waals surface area contributed by atoms with Crippen molar-refractivity contribution in [1.82, 2.24) is 0 Å². The molecule has 0 saturated carbocycles. The average molecular weight is 691 g/mol. The van der Waals surface area contributed by atoms with Crippen molar-refractivity contribution in [2.24, 2.45) is 17.8 Å². The van der Waals surface area contributed by atoms with E-state index in [0.717, 1.165) is 11.5 Å². The van der Waals surface area contributed by atoms with Gasteiger partial charge in [0.15, 0.2) is 17.7 Å². The molecule has 0 aliphatic carbocycles. The summed E-state index contributed by atoms with van der Waals surface area (Å²) in [5, 5.41) is 40.2. The Morgan fingerprint density at radius 3 is 2.20 bits per heavy atom. The number of aldehydes is 1. The number of carbonyl (C=O) groups excluding carboxylic acids is 2. The van der Waals surface area contributed by atoms with Crippen LogP contribution < -0.4 is 0 Å². The molecule has 5 unspecified atom stereocenters. The van der Waals surface area contributed by atoms with Gasteiger partial charge in [0.1, 0.15) is 18.0 Å². The number of ether oxygens (including phenoxy) is 3. The van der Waals surface area contributed by atoms with Gasteiger partial charge >= 0.3 is 11.9 Å². The van der Waals surface area contributed by atoms with Crippen molar-refractivity contribution in [3.05, 3.63) is 72.5 Å².